The highest BCUT2D eigenvalue weighted by atomic mass is 19.4. The predicted octanol–water partition coefficient (Wildman–Crippen LogP) is 1.22. The Bertz CT molecular complexity index is 236. The monoisotopic (exact) mass is 177 g/mol. The van der Waals surface area contributed by atoms with Crippen LogP contribution in [-0.4, -0.2) is 22.8 Å². The predicted molar refractivity (Wildman–Crippen MR) is 32.4 cm³/mol. The number of halogens is 3. The van der Waals surface area contributed by atoms with Crippen molar-refractivity contribution in [1.29, 1.82) is 0 Å². The molecule has 6 heteroatoms. The summed E-state index contributed by atoms with van der Waals surface area (Å²) in [6.07, 6.45) is 0.318. The van der Waals surface area contributed by atoms with E-state index in [1.807, 2.05) is 0 Å². The van der Waals surface area contributed by atoms with Gasteiger partial charge in [0.05, 0.1) is 0 Å². The zero-order valence-electron chi connectivity index (χ0n) is 5.80. The maximum atomic E-state index is 11.6. The van der Waals surface area contributed by atoms with Crippen LogP contribution in [-0.2, 0) is 0 Å². The number of alkyl halides is 3. The summed E-state index contributed by atoms with van der Waals surface area (Å²) in [7, 11) is 0. The second kappa shape index (κ2) is 3.38. The van der Waals surface area contributed by atoms with Crippen molar-refractivity contribution in [1.82, 2.24) is 9.97 Å². The minimum Gasteiger partial charge on any atom is -0.466 e. The van der Waals surface area contributed by atoms with E-state index >= 15 is 0 Å². The Morgan fingerprint density at radius 1 is 1.42 bits per heavy atom. The third-order valence-corrected chi connectivity index (χ3v) is 0.866. The second-order valence-electron chi connectivity index (χ2n) is 1.88. The number of hydrogen-bond donors (Lipinski definition) is 0. The molecule has 3 nitrogen and oxygen atoms in total. The Balaban J connectivity index is 2.44. The van der Waals surface area contributed by atoms with Crippen LogP contribution in [0.1, 0.15) is 0 Å². The number of aromatic nitrogens is 2. The molecule has 0 saturated heterocycles. The van der Waals surface area contributed by atoms with Crippen molar-refractivity contribution in [3.05, 3.63) is 18.6 Å². The lowest BCUT2D eigenvalue weighted by Crippen LogP contribution is -2.19. The van der Waals surface area contributed by atoms with Crippen LogP contribution >= 0.6 is 0 Å². The molecule has 65 valence electrons. The maximum Gasteiger partial charge on any atom is 0.422 e. The van der Waals surface area contributed by atoms with Crippen molar-refractivity contribution in [3.63, 3.8) is 0 Å². The summed E-state index contributed by atoms with van der Waals surface area (Å²) >= 11 is 0. The maximum absolute atomic E-state index is 11.6. The topological polar surface area (TPSA) is 35.0 Å². The largest absolute Gasteiger partial charge is 0.466 e. The average Bonchev–Trinajstić information content (AvgIpc) is 2.02. The van der Waals surface area contributed by atoms with Crippen LogP contribution in [0, 0.1) is 6.20 Å². The summed E-state index contributed by atoms with van der Waals surface area (Å²) in [6.45, 7) is -1.37. The Kier molecular flexibility index (Phi) is 2.47. The van der Waals surface area contributed by atoms with Crippen LogP contribution in [0.3, 0.4) is 0 Å². The van der Waals surface area contributed by atoms with Gasteiger partial charge in [-0.05, 0) is 0 Å². The number of rotatable bonds is 2. The van der Waals surface area contributed by atoms with Crippen LogP contribution < -0.4 is 4.74 Å². The number of hydrogen-bond acceptors (Lipinski definition) is 3. The van der Waals surface area contributed by atoms with Gasteiger partial charge >= 0.3 is 6.18 Å². The van der Waals surface area contributed by atoms with E-state index in [1.54, 1.807) is 0 Å². The zero-order chi connectivity index (χ0) is 9.03. The van der Waals surface area contributed by atoms with Gasteiger partial charge in [0.15, 0.2) is 12.8 Å². The lowest BCUT2D eigenvalue weighted by molar-refractivity contribution is -0.154. The van der Waals surface area contributed by atoms with Crippen molar-refractivity contribution in [3.8, 4) is 5.88 Å². The molecule has 0 fully saturated rings. The summed E-state index contributed by atoms with van der Waals surface area (Å²) in [6, 6.07) is 0. The van der Waals surface area contributed by atoms with E-state index in [1.165, 1.54) is 12.4 Å². The molecule has 0 spiro atoms. The fourth-order valence-corrected chi connectivity index (χ4v) is 0.475. The molecule has 0 N–H and O–H groups in total. The van der Waals surface area contributed by atoms with Gasteiger partial charge in [-0.15, -0.1) is 0 Å². The number of nitrogens with zero attached hydrogens (tertiary/aromatic N) is 2. The van der Waals surface area contributed by atoms with Gasteiger partial charge < -0.3 is 4.74 Å². The molecular formula is C6H4F3N2O. The van der Waals surface area contributed by atoms with Gasteiger partial charge in [0.25, 0.3) is 0 Å². The van der Waals surface area contributed by atoms with Crippen molar-refractivity contribution in [2.24, 2.45) is 0 Å². The van der Waals surface area contributed by atoms with Crippen LogP contribution in [0.2, 0.25) is 0 Å². The lowest BCUT2D eigenvalue weighted by atomic mass is 10.7. The standard InChI is InChI=1S/C6H4F3N2O/c7-6(8,9)4-12-5-3-10-1-2-11-5/h1-2H,4H2. The second-order valence-corrected chi connectivity index (χ2v) is 1.88. The third kappa shape index (κ3) is 3.18. The molecule has 1 heterocycles. The van der Waals surface area contributed by atoms with E-state index < -0.39 is 12.8 Å². The smallest absolute Gasteiger partial charge is 0.422 e. The molecule has 0 aliphatic carbocycles. The molecular weight excluding hydrogens is 173 g/mol. The molecule has 0 unspecified atom stereocenters. The van der Waals surface area contributed by atoms with Gasteiger partial charge in [-0.25, -0.2) is 9.97 Å². The quantitative estimate of drug-likeness (QED) is 0.681. The molecule has 0 saturated carbocycles. The summed E-state index contributed by atoms with van der Waals surface area (Å²) in [5, 5.41) is 0. The van der Waals surface area contributed by atoms with Crippen molar-refractivity contribution in [2.45, 2.75) is 6.18 Å². The SMILES string of the molecule is FC(F)(F)COc1[c]nccn1. The Labute approximate surface area is 66.2 Å². The molecule has 0 bridgehead atoms. The van der Waals surface area contributed by atoms with Crippen molar-refractivity contribution < 1.29 is 17.9 Å². The molecule has 12 heavy (non-hydrogen) atoms. The molecule has 0 aliphatic heterocycles. The first-order valence-electron chi connectivity index (χ1n) is 2.96. The molecule has 1 radical (unpaired) electrons. The van der Waals surface area contributed by atoms with Crippen LogP contribution in [0.5, 0.6) is 5.88 Å². The van der Waals surface area contributed by atoms with Gasteiger partial charge in [0.2, 0.25) is 5.88 Å². The van der Waals surface area contributed by atoms with E-state index in [0.29, 0.717) is 0 Å². The molecule has 0 atom stereocenters. The Hall–Kier alpha value is -1.33. The van der Waals surface area contributed by atoms with Gasteiger partial charge in [0, 0.05) is 12.4 Å². The summed E-state index contributed by atoms with van der Waals surface area (Å²) in [5.74, 6) is -0.255. The first-order valence-corrected chi connectivity index (χ1v) is 2.96. The van der Waals surface area contributed by atoms with Crippen LogP contribution in [0.4, 0.5) is 13.2 Å². The molecule has 0 aromatic carbocycles. The fourth-order valence-electron chi connectivity index (χ4n) is 0.475. The van der Waals surface area contributed by atoms with Gasteiger partial charge in [-0.3, -0.25) is 0 Å². The molecule has 1 aromatic rings. The van der Waals surface area contributed by atoms with Crippen LogP contribution in [0.15, 0.2) is 12.4 Å². The fraction of sp³-hybridized carbons (Fsp3) is 0.333. The Morgan fingerprint density at radius 3 is 2.67 bits per heavy atom. The Morgan fingerprint density at radius 2 is 2.17 bits per heavy atom. The summed E-state index contributed by atoms with van der Waals surface area (Å²) in [4.78, 5) is 6.85. The third-order valence-electron chi connectivity index (χ3n) is 0.866. The van der Waals surface area contributed by atoms with E-state index in [0.717, 1.165) is 0 Å². The first-order chi connectivity index (χ1) is 5.58. The van der Waals surface area contributed by atoms with Crippen molar-refractivity contribution in [2.75, 3.05) is 6.61 Å². The summed E-state index contributed by atoms with van der Waals surface area (Å²) in [5.41, 5.74) is 0. The van der Waals surface area contributed by atoms with E-state index in [4.69, 9.17) is 0 Å². The highest BCUT2D eigenvalue weighted by Crippen LogP contribution is 2.15. The van der Waals surface area contributed by atoms with Crippen LogP contribution in [0.25, 0.3) is 0 Å². The lowest BCUT2D eigenvalue weighted by Gasteiger charge is -2.06. The first kappa shape index (κ1) is 8.76. The molecule has 1 aromatic heterocycles. The number of ether oxygens (including phenoxy) is 1. The highest BCUT2D eigenvalue weighted by Gasteiger charge is 2.28. The van der Waals surface area contributed by atoms with E-state index in [-0.39, 0.29) is 5.88 Å². The minimum absolute atomic E-state index is 0.255. The highest BCUT2D eigenvalue weighted by molar-refractivity contribution is 4.98. The zero-order valence-corrected chi connectivity index (χ0v) is 5.80. The summed E-state index contributed by atoms with van der Waals surface area (Å²) < 4.78 is 38.9. The molecule has 0 aliphatic rings. The van der Waals surface area contributed by atoms with Crippen molar-refractivity contribution >= 4 is 0 Å². The normalized spacial score (nSPS) is 11.2. The minimum atomic E-state index is -4.36. The molecule has 1 rings (SSSR count). The van der Waals surface area contributed by atoms with Gasteiger partial charge in [0.1, 0.15) is 0 Å². The average molecular weight is 177 g/mol. The van der Waals surface area contributed by atoms with Gasteiger partial charge in [-0.2, -0.15) is 13.2 Å². The van der Waals surface area contributed by atoms with Gasteiger partial charge in [-0.1, -0.05) is 0 Å². The molecule has 0 amide bonds. The van der Waals surface area contributed by atoms with E-state index in [2.05, 4.69) is 20.9 Å². The van der Waals surface area contributed by atoms with E-state index in [9.17, 15) is 13.2 Å².